The van der Waals surface area contributed by atoms with Gasteiger partial charge in [0.25, 0.3) is 5.91 Å². The van der Waals surface area contributed by atoms with Gasteiger partial charge in [-0.05, 0) is 42.8 Å². The second-order valence-electron chi connectivity index (χ2n) is 7.51. The molecule has 0 N–H and O–H groups in total. The van der Waals surface area contributed by atoms with Crippen LogP contribution in [0.5, 0.6) is 0 Å². The molecule has 184 valence electrons. The lowest BCUT2D eigenvalue weighted by Gasteiger charge is -2.21. The zero-order valence-electron chi connectivity index (χ0n) is 17.6. The van der Waals surface area contributed by atoms with Crippen molar-refractivity contribution in [3.8, 4) is 0 Å². The molecule has 0 atom stereocenters. The molecule has 0 saturated carbocycles. The van der Waals surface area contributed by atoms with E-state index >= 15 is 0 Å². The van der Waals surface area contributed by atoms with Crippen LogP contribution in [0.3, 0.4) is 0 Å². The van der Waals surface area contributed by atoms with Crippen LogP contribution in [-0.4, -0.2) is 27.0 Å². The molecule has 35 heavy (non-hydrogen) atoms. The highest BCUT2D eigenvalue weighted by Crippen LogP contribution is 2.37. The van der Waals surface area contributed by atoms with Gasteiger partial charge in [-0.1, -0.05) is 11.3 Å². The Bertz CT molecular complexity index is 1310. The molecule has 0 radical (unpaired) electrons. The summed E-state index contributed by atoms with van der Waals surface area (Å²) in [6, 6.07) is 4.42. The fraction of sp³-hybridized carbons (Fsp3) is 0.227. The number of aromatic nitrogens is 3. The second-order valence-corrected chi connectivity index (χ2v) is 8.52. The van der Waals surface area contributed by atoms with Gasteiger partial charge in [-0.3, -0.25) is 9.69 Å². The molecule has 4 rings (SSSR count). The van der Waals surface area contributed by atoms with Crippen molar-refractivity contribution in [3.63, 3.8) is 0 Å². The van der Waals surface area contributed by atoms with Crippen LogP contribution in [0.15, 0.2) is 55.1 Å². The van der Waals surface area contributed by atoms with Crippen LogP contribution in [0.4, 0.5) is 35.9 Å². The Hall–Kier alpha value is -3.48. The predicted octanol–water partition coefficient (Wildman–Crippen LogP) is 6.41. The van der Waals surface area contributed by atoms with Gasteiger partial charge >= 0.3 is 12.4 Å². The molecular formula is C22H15F7N4OS. The first-order chi connectivity index (χ1) is 16.4. The summed E-state index contributed by atoms with van der Waals surface area (Å²) < 4.78 is 95.6. The van der Waals surface area contributed by atoms with Gasteiger partial charge in [0.1, 0.15) is 5.82 Å². The highest BCUT2D eigenvalue weighted by Gasteiger charge is 2.38. The van der Waals surface area contributed by atoms with Crippen molar-refractivity contribution in [2.45, 2.75) is 25.3 Å². The second kappa shape index (κ2) is 9.29. The van der Waals surface area contributed by atoms with E-state index in [9.17, 15) is 35.5 Å². The molecule has 2 aromatic heterocycles. The SMILES string of the molecule is O=C(c1cc(C(F)(F)F)cc(C(F)(F)F)c1)N(CCCn1ccnc1)c1nc2ccc(F)cc2s1. The standard InChI is InChI=1S/C22H15F7N4OS/c23-16-2-3-17-18(11-16)35-20(31-17)33(6-1-5-32-7-4-30-12-32)19(34)13-8-14(21(24,25)26)10-15(9-13)22(27,28)29/h2-4,7-12H,1,5-6H2. The number of nitrogens with zero attached hydrogens (tertiary/aromatic N) is 4. The summed E-state index contributed by atoms with van der Waals surface area (Å²) in [5.41, 5.74) is -3.65. The third-order valence-electron chi connectivity index (χ3n) is 5.01. The molecule has 5 nitrogen and oxygen atoms in total. The lowest BCUT2D eigenvalue weighted by Crippen LogP contribution is -2.33. The third-order valence-corrected chi connectivity index (χ3v) is 6.05. The summed E-state index contributed by atoms with van der Waals surface area (Å²) in [6.45, 7) is 0.302. The highest BCUT2D eigenvalue weighted by molar-refractivity contribution is 7.22. The van der Waals surface area contributed by atoms with Gasteiger partial charge in [-0.15, -0.1) is 0 Å². The fourth-order valence-corrected chi connectivity index (χ4v) is 4.37. The minimum Gasteiger partial charge on any atom is -0.337 e. The van der Waals surface area contributed by atoms with Crippen molar-refractivity contribution in [3.05, 3.63) is 77.6 Å². The number of fused-ring (bicyclic) bond motifs is 1. The molecule has 0 spiro atoms. The Kier molecular flexibility index (Phi) is 6.54. The summed E-state index contributed by atoms with van der Waals surface area (Å²) in [5, 5.41) is 0.0206. The number of rotatable bonds is 6. The Labute approximate surface area is 197 Å². The maximum Gasteiger partial charge on any atom is 0.416 e. The van der Waals surface area contributed by atoms with Crippen LogP contribution in [0, 0.1) is 5.82 Å². The number of imidazole rings is 1. The number of carbonyl (C=O) groups is 1. The number of hydrogen-bond donors (Lipinski definition) is 0. The molecule has 0 saturated heterocycles. The molecule has 2 heterocycles. The minimum absolute atomic E-state index is 0.0206. The van der Waals surface area contributed by atoms with Gasteiger partial charge in [0.2, 0.25) is 0 Å². The molecule has 0 fully saturated rings. The lowest BCUT2D eigenvalue weighted by molar-refractivity contribution is -0.143. The van der Waals surface area contributed by atoms with Gasteiger partial charge in [-0.2, -0.15) is 26.3 Å². The summed E-state index contributed by atoms with van der Waals surface area (Å²) in [5.74, 6) is -1.65. The van der Waals surface area contributed by atoms with E-state index in [-0.39, 0.29) is 24.2 Å². The molecule has 0 aliphatic heterocycles. The van der Waals surface area contributed by atoms with E-state index in [1.807, 2.05) is 0 Å². The van der Waals surface area contributed by atoms with Gasteiger partial charge in [0, 0.05) is 31.0 Å². The van der Waals surface area contributed by atoms with Crippen LogP contribution >= 0.6 is 11.3 Å². The van der Waals surface area contributed by atoms with Crippen LogP contribution in [-0.2, 0) is 18.9 Å². The number of hydrogen-bond acceptors (Lipinski definition) is 4. The Balaban J connectivity index is 1.74. The number of alkyl halides is 6. The number of carbonyl (C=O) groups excluding carboxylic acids is 1. The molecule has 13 heteroatoms. The Morgan fingerprint density at radius 2 is 1.69 bits per heavy atom. The maximum absolute atomic E-state index is 13.6. The third kappa shape index (κ3) is 5.61. The van der Waals surface area contributed by atoms with Gasteiger partial charge in [0.05, 0.1) is 27.7 Å². The highest BCUT2D eigenvalue weighted by atomic mass is 32.1. The zero-order valence-corrected chi connectivity index (χ0v) is 18.4. The summed E-state index contributed by atoms with van der Waals surface area (Å²) in [4.78, 5) is 22.5. The average molecular weight is 516 g/mol. The quantitative estimate of drug-likeness (QED) is 0.279. The monoisotopic (exact) mass is 516 g/mol. The molecule has 0 aliphatic rings. The van der Waals surface area contributed by atoms with E-state index in [0.29, 0.717) is 28.9 Å². The zero-order chi connectivity index (χ0) is 25.4. The van der Waals surface area contributed by atoms with Crippen molar-refractivity contribution < 1.29 is 35.5 Å². The first-order valence-corrected chi connectivity index (χ1v) is 10.9. The van der Waals surface area contributed by atoms with Crippen molar-refractivity contribution in [1.82, 2.24) is 14.5 Å². The van der Waals surface area contributed by atoms with E-state index in [0.717, 1.165) is 22.3 Å². The van der Waals surface area contributed by atoms with Gasteiger partial charge in [0.15, 0.2) is 5.13 Å². The van der Waals surface area contributed by atoms with Crippen molar-refractivity contribution >= 4 is 32.6 Å². The fourth-order valence-electron chi connectivity index (χ4n) is 3.35. The number of thiazole rings is 1. The number of aryl methyl sites for hydroxylation is 1. The summed E-state index contributed by atoms with van der Waals surface area (Å²) in [7, 11) is 0. The van der Waals surface area contributed by atoms with E-state index < -0.39 is 40.8 Å². The van der Waals surface area contributed by atoms with Gasteiger partial charge in [-0.25, -0.2) is 14.4 Å². The average Bonchev–Trinajstić information content (AvgIpc) is 3.44. The van der Waals surface area contributed by atoms with Crippen LogP contribution < -0.4 is 4.90 Å². The number of halogens is 7. The van der Waals surface area contributed by atoms with E-state index in [4.69, 9.17) is 0 Å². The minimum atomic E-state index is -5.10. The topological polar surface area (TPSA) is 51.0 Å². The molecular weight excluding hydrogens is 501 g/mol. The van der Waals surface area contributed by atoms with Crippen molar-refractivity contribution in [2.75, 3.05) is 11.4 Å². The number of anilines is 1. The molecule has 2 aromatic carbocycles. The van der Waals surface area contributed by atoms with Crippen LogP contribution in [0.25, 0.3) is 10.2 Å². The normalized spacial score (nSPS) is 12.3. The van der Waals surface area contributed by atoms with Crippen LogP contribution in [0.1, 0.15) is 27.9 Å². The summed E-state index contributed by atoms with van der Waals surface area (Å²) in [6.07, 6.45) is -5.19. The predicted molar refractivity (Wildman–Crippen MR) is 115 cm³/mol. The first kappa shape index (κ1) is 24.6. The number of amides is 1. The molecule has 4 aromatic rings. The van der Waals surface area contributed by atoms with Gasteiger partial charge < -0.3 is 4.57 Å². The summed E-state index contributed by atoms with van der Waals surface area (Å²) >= 11 is 0.900. The molecule has 0 aliphatic carbocycles. The van der Waals surface area contributed by atoms with E-state index in [1.54, 1.807) is 10.8 Å². The van der Waals surface area contributed by atoms with E-state index in [1.165, 1.54) is 24.7 Å². The molecule has 0 bridgehead atoms. The smallest absolute Gasteiger partial charge is 0.337 e. The number of benzene rings is 2. The Morgan fingerprint density at radius 1 is 1.00 bits per heavy atom. The van der Waals surface area contributed by atoms with Crippen molar-refractivity contribution in [2.24, 2.45) is 0 Å². The molecule has 1 amide bonds. The Morgan fingerprint density at radius 3 is 2.29 bits per heavy atom. The van der Waals surface area contributed by atoms with Crippen LogP contribution in [0.2, 0.25) is 0 Å². The largest absolute Gasteiger partial charge is 0.416 e. The molecule has 0 unspecified atom stereocenters. The maximum atomic E-state index is 13.6. The first-order valence-electron chi connectivity index (χ1n) is 10.0. The lowest BCUT2D eigenvalue weighted by atomic mass is 10.0. The van der Waals surface area contributed by atoms with Crippen molar-refractivity contribution in [1.29, 1.82) is 0 Å². The van der Waals surface area contributed by atoms with E-state index in [2.05, 4.69) is 9.97 Å².